The van der Waals surface area contributed by atoms with Crippen LogP contribution in [0.1, 0.15) is 16.1 Å². The number of hydrogen-bond donors (Lipinski definition) is 2. The van der Waals surface area contributed by atoms with Crippen LogP contribution in [-0.4, -0.2) is 15.9 Å². The van der Waals surface area contributed by atoms with Gasteiger partial charge in [-0.2, -0.15) is 0 Å². The summed E-state index contributed by atoms with van der Waals surface area (Å²) in [5.74, 6) is -1.44. The van der Waals surface area contributed by atoms with Gasteiger partial charge in [0.25, 0.3) is 5.91 Å². The molecule has 7 heteroatoms. The smallest absolute Gasteiger partial charge is 0.259 e. The quantitative estimate of drug-likeness (QED) is 0.889. The first-order chi connectivity index (χ1) is 8.99. The van der Waals surface area contributed by atoms with Crippen molar-refractivity contribution in [3.8, 4) is 0 Å². The van der Waals surface area contributed by atoms with Crippen LogP contribution in [0.4, 0.5) is 16.0 Å². The van der Waals surface area contributed by atoms with E-state index in [1.807, 2.05) is 0 Å². The molecule has 0 saturated heterocycles. The fourth-order valence-corrected chi connectivity index (χ4v) is 1.65. The van der Waals surface area contributed by atoms with Gasteiger partial charge in [-0.25, -0.2) is 14.4 Å². The minimum Gasteiger partial charge on any atom is -0.381 e. The Morgan fingerprint density at radius 1 is 1.42 bits per heavy atom. The summed E-state index contributed by atoms with van der Waals surface area (Å²) in [6, 6.07) is 4.61. The van der Waals surface area contributed by atoms with Gasteiger partial charge in [0, 0.05) is 10.7 Å². The average Bonchev–Trinajstić information content (AvgIpc) is 2.37. The van der Waals surface area contributed by atoms with Crippen molar-refractivity contribution in [3.05, 3.63) is 45.9 Å². The minimum absolute atomic E-state index is 0.171. The van der Waals surface area contributed by atoms with E-state index in [0.29, 0.717) is 11.5 Å². The third-order valence-corrected chi connectivity index (χ3v) is 3.26. The summed E-state index contributed by atoms with van der Waals surface area (Å²) in [7, 11) is 0. The van der Waals surface area contributed by atoms with Crippen molar-refractivity contribution in [3.63, 3.8) is 0 Å². The zero-order valence-corrected chi connectivity index (χ0v) is 11.5. The van der Waals surface area contributed by atoms with Crippen LogP contribution < -0.4 is 11.1 Å². The van der Waals surface area contributed by atoms with Crippen LogP contribution in [-0.2, 0) is 0 Å². The highest BCUT2D eigenvalue weighted by molar-refractivity contribution is 9.10. The number of nitrogens with two attached hydrogens (primary N) is 1. The number of rotatable bonds is 2. The van der Waals surface area contributed by atoms with Crippen molar-refractivity contribution < 1.29 is 9.18 Å². The van der Waals surface area contributed by atoms with Crippen LogP contribution in [0.3, 0.4) is 0 Å². The molecule has 0 saturated carbocycles. The van der Waals surface area contributed by atoms with E-state index < -0.39 is 11.7 Å². The molecule has 2 aromatic heterocycles. The summed E-state index contributed by atoms with van der Waals surface area (Å²) in [6.07, 6.45) is 1.27. The maximum absolute atomic E-state index is 13.6. The van der Waals surface area contributed by atoms with Gasteiger partial charge in [0.2, 0.25) is 0 Å². The van der Waals surface area contributed by atoms with Crippen molar-refractivity contribution in [1.82, 2.24) is 9.97 Å². The van der Waals surface area contributed by atoms with E-state index in [4.69, 9.17) is 5.73 Å². The second-order valence-corrected chi connectivity index (χ2v) is 4.63. The Labute approximate surface area is 117 Å². The molecule has 98 valence electrons. The van der Waals surface area contributed by atoms with Crippen LogP contribution in [0.2, 0.25) is 0 Å². The number of anilines is 2. The molecule has 0 unspecified atom stereocenters. The molecule has 0 atom stereocenters. The Balaban J connectivity index is 2.26. The van der Waals surface area contributed by atoms with E-state index in [1.165, 1.54) is 12.3 Å². The summed E-state index contributed by atoms with van der Waals surface area (Å²) in [5, 5.41) is 2.50. The molecule has 0 radical (unpaired) electrons. The Kier molecular flexibility index (Phi) is 3.75. The normalized spacial score (nSPS) is 10.3. The largest absolute Gasteiger partial charge is 0.381 e. The number of aryl methyl sites for hydroxylation is 1. The van der Waals surface area contributed by atoms with Crippen LogP contribution in [0.5, 0.6) is 0 Å². The van der Waals surface area contributed by atoms with Crippen molar-refractivity contribution in [2.75, 3.05) is 11.1 Å². The summed E-state index contributed by atoms with van der Waals surface area (Å²) >= 11 is 3.30. The first-order valence-corrected chi connectivity index (χ1v) is 6.13. The Morgan fingerprint density at radius 2 is 2.16 bits per heavy atom. The molecule has 2 aromatic rings. The van der Waals surface area contributed by atoms with Crippen LogP contribution in [0.15, 0.2) is 28.9 Å². The number of hydrogen-bond acceptors (Lipinski definition) is 4. The lowest BCUT2D eigenvalue weighted by Crippen LogP contribution is -2.16. The summed E-state index contributed by atoms with van der Waals surface area (Å²) in [4.78, 5) is 19.6. The Morgan fingerprint density at radius 3 is 2.84 bits per heavy atom. The lowest BCUT2D eigenvalue weighted by Gasteiger charge is -2.07. The molecule has 1 amide bonds. The van der Waals surface area contributed by atoms with Crippen LogP contribution in [0.25, 0.3) is 0 Å². The molecule has 19 heavy (non-hydrogen) atoms. The van der Waals surface area contributed by atoms with E-state index in [-0.39, 0.29) is 11.4 Å². The second-order valence-electron chi connectivity index (χ2n) is 3.78. The van der Waals surface area contributed by atoms with Gasteiger partial charge in [0.15, 0.2) is 11.6 Å². The fourth-order valence-electron chi connectivity index (χ4n) is 1.43. The molecule has 5 nitrogen and oxygen atoms in total. The monoisotopic (exact) mass is 324 g/mol. The predicted octanol–water partition coefficient (Wildman–Crippen LogP) is 2.52. The molecule has 0 aliphatic heterocycles. The Bertz CT molecular complexity index is 648. The highest BCUT2D eigenvalue weighted by Gasteiger charge is 2.15. The molecule has 3 N–H and O–H groups in total. The van der Waals surface area contributed by atoms with Gasteiger partial charge in [-0.15, -0.1) is 0 Å². The number of carbonyl (C=O) groups is 1. The molecular weight excluding hydrogens is 315 g/mol. The van der Waals surface area contributed by atoms with Gasteiger partial charge >= 0.3 is 0 Å². The van der Waals surface area contributed by atoms with E-state index in [9.17, 15) is 9.18 Å². The second kappa shape index (κ2) is 5.31. The van der Waals surface area contributed by atoms with Crippen LogP contribution in [0, 0.1) is 12.7 Å². The molecule has 0 aliphatic carbocycles. The molecular formula is C12H10BrFN4O. The fraction of sp³-hybridized carbons (Fsp3) is 0.0833. The Hall–Kier alpha value is -2.02. The number of halogens is 2. The third-order valence-electron chi connectivity index (χ3n) is 2.42. The SMILES string of the molecule is Cc1nc(NC(=O)c2ccnc(N)c2F)ccc1Br. The molecule has 0 bridgehead atoms. The zero-order chi connectivity index (χ0) is 14.0. The van der Waals surface area contributed by atoms with E-state index in [0.717, 1.165) is 4.47 Å². The van der Waals surface area contributed by atoms with Gasteiger partial charge < -0.3 is 11.1 Å². The van der Waals surface area contributed by atoms with E-state index in [1.54, 1.807) is 19.1 Å². The number of nitrogens with zero attached hydrogens (tertiary/aromatic N) is 2. The summed E-state index contributed by atoms with van der Waals surface area (Å²) < 4.78 is 14.4. The average molecular weight is 325 g/mol. The lowest BCUT2D eigenvalue weighted by atomic mass is 10.2. The summed E-state index contributed by atoms with van der Waals surface area (Å²) in [5.41, 5.74) is 5.85. The van der Waals surface area contributed by atoms with Gasteiger partial charge in [0.1, 0.15) is 5.82 Å². The molecule has 0 fully saturated rings. The topological polar surface area (TPSA) is 80.9 Å². The number of nitrogen functional groups attached to an aromatic ring is 1. The number of amides is 1. The van der Waals surface area contributed by atoms with Gasteiger partial charge in [-0.05, 0) is 41.1 Å². The van der Waals surface area contributed by atoms with Crippen molar-refractivity contribution in [2.45, 2.75) is 6.92 Å². The number of carbonyl (C=O) groups excluding carboxylic acids is 1. The molecule has 0 spiro atoms. The minimum atomic E-state index is -0.839. The maximum atomic E-state index is 13.6. The number of aromatic nitrogens is 2. The highest BCUT2D eigenvalue weighted by Crippen LogP contribution is 2.18. The van der Waals surface area contributed by atoms with Crippen molar-refractivity contribution in [1.29, 1.82) is 0 Å². The van der Waals surface area contributed by atoms with Crippen molar-refractivity contribution in [2.24, 2.45) is 0 Å². The van der Waals surface area contributed by atoms with Gasteiger partial charge in [0.05, 0.1) is 11.3 Å². The molecule has 2 rings (SSSR count). The predicted molar refractivity (Wildman–Crippen MR) is 73.2 cm³/mol. The van der Waals surface area contributed by atoms with Crippen molar-refractivity contribution >= 4 is 33.5 Å². The first-order valence-electron chi connectivity index (χ1n) is 5.33. The molecule has 0 aromatic carbocycles. The zero-order valence-electron chi connectivity index (χ0n) is 9.95. The number of pyridine rings is 2. The highest BCUT2D eigenvalue weighted by atomic mass is 79.9. The standard InChI is InChI=1S/C12H10BrFN4O/c1-6-8(13)2-3-9(17-6)18-12(19)7-4-5-16-11(15)10(7)14/h2-5H,1H3,(H2,15,16)(H,17,18,19). The first kappa shape index (κ1) is 13.4. The summed E-state index contributed by atoms with van der Waals surface area (Å²) in [6.45, 7) is 1.78. The van der Waals surface area contributed by atoms with Crippen LogP contribution >= 0.6 is 15.9 Å². The van der Waals surface area contributed by atoms with Gasteiger partial charge in [-0.3, -0.25) is 4.79 Å². The molecule has 2 heterocycles. The third kappa shape index (κ3) is 2.87. The molecule has 0 aliphatic rings. The maximum Gasteiger partial charge on any atom is 0.259 e. The van der Waals surface area contributed by atoms with E-state index >= 15 is 0 Å². The number of nitrogens with one attached hydrogen (secondary N) is 1. The van der Waals surface area contributed by atoms with E-state index in [2.05, 4.69) is 31.2 Å². The lowest BCUT2D eigenvalue weighted by molar-refractivity contribution is 0.102. The van der Waals surface area contributed by atoms with Gasteiger partial charge in [-0.1, -0.05) is 0 Å².